The number of nitrogens with zero attached hydrogens (tertiary/aromatic N) is 3. The van der Waals surface area contributed by atoms with E-state index in [1.54, 1.807) is 6.20 Å². The van der Waals surface area contributed by atoms with E-state index in [1.807, 2.05) is 10.9 Å². The number of aromatic amines is 1. The van der Waals surface area contributed by atoms with Gasteiger partial charge >= 0.3 is 0 Å². The van der Waals surface area contributed by atoms with Gasteiger partial charge in [0.05, 0.1) is 23.6 Å². The molecule has 4 nitrogen and oxygen atoms in total. The van der Waals surface area contributed by atoms with E-state index in [0.717, 1.165) is 5.69 Å². The minimum absolute atomic E-state index is 0.00756. The van der Waals surface area contributed by atoms with Crippen LogP contribution in [0.4, 0.5) is 0 Å². The highest BCUT2D eigenvalue weighted by atomic mass is 15.4. The molecule has 4 heteroatoms. The van der Waals surface area contributed by atoms with E-state index >= 15 is 0 Å². The summed E-state index contributed by atoms with van der Waals surface area (Å²) in [5, 5.41) is 11.0. The maximum Gasteiger partial charge on any atom is 0.0697 e. The number of aromatic nitrogens is 4. The zero-order valence-electron chi connectivity index (χ0n) is 29.8. The van der Waals surface area contributed by atoms with Gasteiger partial charge in [-0.25, -0.2) is 4.68 Å². The average Bonchev–Trinajstić information content (AvgIpc) is 3.62. The monoisotopic (exact) mass is 610 g/mol. The van der Waals surface area contributed by atoms with Gasteiger partial charge in [-0.05, 0) is 103 Å². The molecule has 0 unspecified atom stereocenters. The molecule has 0 atom stereocenters. The third-order valence-corrected chi connectivity index (χ3v) is 9.35. The zero-order chi connectivity index (χ0) is 33.4. The topological polar surface area (TPSA) is 46.5 Å². The van der Waals surface area contributed by atoms with Crippen molar-refractivity contribution in [1.82, 2.24) is 20.0 Å². The fourth-order valence-corrected chi connectivity index (χ4v) is 6.20. The Morgan fingerprint density at radius 1 is 0.522 bits per heavy atom. The molecule has 0 amide bonds. The molecule has 0 saturated heterocycles. The fraction of sp³-hybridized carbons (Fsp3) is 0.381. The van der Waals surface area contributed by atoms with Crippen LogP contribution in [-0.4, -0.2) is 20.0 Å². The maximum atomic E-state index is 4.34. The molecule has 0 fully saturated rings. The van der Waals surface area contributed by atoms with Crippen molar-refractivity contribution in [2.24, 2.45) is 0 Å². The molecule has 6 aromatic rings. The van der Waals surface area contributed by atoms with Gasteiger partial charge in [0.2, 0.25) is 0 Å². The summed E-state index contributed by atoms with van der Waals surface area (Å²) in [5.74, 6) is 0. The second kappa shape index (κ2) is 10.7. The van der Waals surface area contributed by atoms with Crippen molar-refractivity contribution < 1.29 is 0 Å². The molecule has 0 aliphatic carbocycles. The van der Waals surface area contributed by atoms with Gasteiger partial charge in [0.25, 0.3) is 0 Å². The van der Waals surface area contributed by atoms with Gasteiger partial charge in [-0.1, -0.05) is 113 Å². The second-order valence-electron chi connectivity index (χ2n) is 17.2. The van der Waals surface area contributed by atoms with Crippen molar-refractivity contribution in [2.45, 2.75) is 105 Å². The molecule has 2 aromatic heterocycles. The molecule has 238 valence electrons. The van der Waals surface area contributed by atoms with Crippen molar-refractivity contribution in [2.75, 3.05) is 0 Å². The van der Waals surface area contributed by atoms with E-state index in [4.69, 9.17) is 0 Å². The summed E-state index contributed by atoms with van der Waals surface area (Å²) in [6.45, 7) is 27.5. The zero-order valence-corrected chi connectivity index (χ0v) is 29.8. The van der Waals surface area contributed by atoms with Crippen molar-refractivity contribution >= 4 is 21.8 Å². The Morgan fingerprint density at radius 2 is 1.07 bits per heavy atom. The quantitative estimate of drug-likeness (QED) is 0.217. The molecule has 46 heavy (non-hydrogen) atoms. The molecule has 0 radical (unpaired) electrons. The van der Waals surface area contributed by atoms with Gasteiger partial charge in [0.1, 0.15) is 0 Å². The van der Waals surface area contributed by atoms with Crippen molar-refractivity contribution in [3.63, 3.8) is 0 Å². The summed E-state index contributed by atoms with van der Waals surface area (Å²) < 4.78 is 1.86. The van der Waals surface area contributed by atoms with Crippen LogP contribution in [0.1, 0.15) is 105 Å². The van der Waals surface area contributed by atoms with Crippen molar-refractivity contribution in [1.29, 1.82) is 0 Å². The number of H-pyrrole nitrogens is 1. The summed E-state index contributed by atoms with van der Waals surface area (Å²) in [7, 11) is 0. The molecular weight excluding hydrogens is 560 g/mol. The predicted molar refractivity (Wildman–Crippen MR) is 196 cm³/mol. The summed E-state index contributed by atoms with van der Waals surface area (Å²) >= 11 is 0. The molecule has 0 spiro atoms. The number of nitrogens with one attached hydrogen (secondary N) is 1. The Balaban J connectivity index is 1.67. The van der Waals surface area contributed by atoms with Crippen LogP contribution in [0.2, 0.25) is 0 Å². The van der Waals surface area contributed by atoms with Crippen LogP contribution in [0, 0.1) is 0 Å². The first kappa shape index (κ1) is 31.8. The minimum Gasteiger partial charge on any atom is -0.354 e. The Kier molecular flexibility index (Phi) is 7.39. The molecule has 0 aliphatic heterocycles. The number of fused-ring (bicyclic) bond motifs is 3. The molecule has 4 aromatic carbocycles. The third kappa shape index (κ3) is 6.02. The van der Waals surface area contributed by atoms with Crippen molar-refractivity contribution in [3.05, 3.63) is 101 Å². The SMILES string of the molecule is CC(C)(C)c1cc(-c2cc(-n3ccnn3)cc(C(C)(C)C)c2)cc(-c2cc(C(C)(C)C)cc3c2[nH]c2ccc(C(C)(C)C)cc23)c1. The molecule has 6 rings (SSSR count). The van der Waals surface area contributed by atoms with Crippen molar-refractivity contribution in [3.8, 4) is 27.9 Å². The number of benzene rings is 4. The van der Waals surface area contributed by atoms with Crippen LogP contribution in [0.5, 0.6) is 0 Å². The maximum absolute atomic E-state index is 4.34. The van der Waals surface area contributed by atoms with E-state index < -0.39 is 0 Å². The van der Waals surface area contributed by atoms with E-state index in [-0.39, 0.29) is 21.7 Å². The van der Waals surface area contributed by atoms with Crippen LogP contribution in [0.15, 0.2) is 79.1 Å². The lowest BCUT2D eigenvalue weighted by atomic mass is 9.80. The first-order valence-electron chi connectivity index (χ1n) is 16.6. The number of hydrogen-bond acceptors (Lipinski definition) is 2. The summed E-state index contributed by atoms with van der Waals surface area (Å²) in [4.78, 5) is 3.86. The van der Waals surface area contributed by atoms with Gasteiger partial charge in [0, 0.05) is 21.9 Å². The van der Waals surface area contributed by atoms with E-state index in [2.05, 4.69) is 165 Å². The lowest BCUT2D eigenvalue weighted by Gasteiger charge is -2.25. The highest BCUT2D eigenvalue weighted by molar-refractivity contribution is 6.12. The smallest absolute Gasteiger partial charge is 0.0697 e. The van der Waals surface area contributed by atoms with Gasteiger partial charge in [-0.2, -0.15) is 0 Å². The van der Waals surface area contributed by atoms with Crippen LogP contribution in [0.25, 0.3) is 49.7 Å². The molecule has 2 heterocycles. The Bertz CT molecular complexity index is 2060. The molecule has 1 N–H and O–H groups in total. The molecule has 0 bridgehead atoms. The molecule has 0 saturated carbocycles. The van der Waals surface area contributed by atoms with Crippen LogP contribution in [0.3, 0.4) is 0 Å². The highest BCUT2D eigenvalue weighted by Gasteiger charge is 2.24. The largest absolute Gasteiger partial charge is 0.354 e. The normalized spacial score (nSPS) is 13.2. The predicted octanol–water partition coefficient (Wildman–Crippen LogP) is 11.4. The van der Waals surface area contributed by atoms with Crippen LogP contribution >= 0.6 is 0 Å². The minimum atomic E-state index is -0.0378. The summed E-state index contributed by atoms with van der Waals surface area (Å²) in [5.41, 5.74) is 13.5. The van der Waals surface area contributed by atoms with Gasteiger partial charge < -0.3 is 4.98 Å². The Hall–Kier alpha value is -4.18. The van der Waals surface area contributed by atoms with E-state index in [9.17, 15) is 0 Å². The third-order valence-electron chi connectivity index (χ3n) is 9.35. The first-order valence-corrected chi connectivity index (χ1v) is 16.6. The highest BCUT2D eigenvalue weighted by Crippen LogP contribution is 2.42. The number of hydrogen-bond donors (Lipinski definition) is 1. The molecular formula is C42H50N4. The standard InChI is InChI=1S/C42H50N4/c1-39(2,3)29-13-14-37-35(23-29)36-25-32(42(10,11)12)24-34(38(36)44-37)28-17-26(18-30(20-28)40(4,5)6)27-19-31(41(7,8)9)22-33(21-27)46-16-15-43-45-46/h13-25,44H,1-12H3. The lowest BCUT2D eigenvalue weighted by Crippen LogP contribution is -2.13. The van der Waals surface area contributed by atoms with Crippen LogP contribution < -0.4 is 0 Å². The van der Waals surface area contributed by atoms with Gasteiger partial charge in [-0.15, -0.1) is 5.10 Å². The first-order chi connectivity index (χ1) is 21.3. The second-order valence-corrected chi connectivity index (χ2v) is 17.2. The number of rotatable bonds is 3. The van der Waals surface area contributed by atoms with Crippen LogP contribution in [-0.2, 0) is 21.7 Å². The fourth-order valence-electron chi connectivity index (χ4n) is 6.20. The Labute approximate surface area is 275 Å². The summed E-state index contributed by atoms with van der Waals surface area (Å²) in [6.07, 6.45) is 3.65. The van der Waals surface area contributed by atoms with E-state index in [1.165, 1.54) is 66.3 Å². The average molecular weight is 611 g/mol. The van der Waals surface area contributed by atoms with Gasteiger partial charge in [0.15, 0.2) is 0 Å². The van der Waals surface area contributed by atoms with E-state index in [0.29, 0.717) is 0 Å². The summed E-state index contributed by atoms with van der Waals surface area (Å²) in [6, 6.07) is 25.8. The Morgan fingerprint density at radius 3 is 1.65 bits per heavy atom. The lowest BCUT2D eigenvalue weighted by molar-refractivity contribution is 0.588. The molecule has 0 aliphatic rings. The van der Waals surface area contributed by atoms with Gasteiger partial charge in [-0.3, -0.25) is 0 Å².